The highest BCUT2D eigenvalue weighted by atomic mass is 16.2. The Morgan fingerprint density at radius 1 is 1.29 bits per heavy atom. The molecule has 0 unspecified atom stereocenters. The zero-order chi connectivity index (χ0) is 10.1. The number of hydrogen-bond acceptors (Lipinski definition) is 1. The van der Waals surface area contributed by atoms with Crippen LogP contribution in [0, 0.1) is 0 Å². The molecule has 1 heterocycles. The predicted octanol–water partition coefficient (Wildman–Crippen LogP) is 2.40. The standard InChI is InChI=1S/C12H11NO/c1-9(2)13-11(8-12(13)14)10-6-4-3-5-7-10/h3-8H,1H2,2H3. The van der Waals surface area contributed by atoms with Gasteiger partial charge in [0.1, 0.15) is 0 Å². The Bertz CT molecular complexity index is 417. The van der Waals surface area contributed by atoms with Gasteiger partial charge in [0, 0.05) is 11.8 Å². The van der Waals surface area contributed by atoms with Crippen LogP contribution in [-0.2, 0) is 4.79 Å². The molecule has 2 rings (SSSR count). The molecule has 0 saturated carbocycles. The van der Waals surface area contributed by atoms with Crippen molar-refractivity contribution in [3.05, 3.63) is 54.2 Å². The highest BCUT2D eigenvalue weighted by molar-refractivity contribution is 6.09. The summed E-state index contributed by atoms with van der Waals surface area (Å²) in [6, 6.07) is 9.82. The number of amides is 1. The molecular weight excluding hydrogens is 174 g/mol. The minimum Gasteiger partial charge on any atom is -0.281 e. The number of hydrogen-bond donors (Lipinski definition) is 0. The zero-order valence-corrected chi connectivity index (χ0v) is 8.03. The first kappa shape index (κ1) is 8.75. The maximum absolute atomic E-state index is 11.2. The smallest absolute Gasteiger partial charge is 0.257 e. The number of carbonyl (C=O) groups is 1. The third kappa shape index (κ3) is 1.25. The maximum Gasteiger partial charge on any atom is 0.257 e. The van der Waals surface area contributed by atoms with Gasteiger partial charge in [0.05, 0.1) is 5.70 Å². The van der Waals surface area contributed by atoms with Gasteiger partial charge < -0.3 is 0 Å². The van der Waals surface area contributed by atoms with Gasteiger partial charge in [-0.1, -0.05) is 36.9 Å². The molecule has 0 aromatic heterocycles. The lowest BCUT2D eigenvalue weighted by molar-refractivity contribution is -0.123. The van der Waals surface area contributed by atoms with Gasteiger partial charge in [-0.25, -0.2) is 0 Å². The van der Waals surface area contributed by atoms with Crippen molar-refractivity contribution in [2.45, 2.75) is 6.92 Å². The van der Waals surface area contributed by atoms with Crippen molar-refractivity contribution in [1.29, 1.82) is 0 Å². The first-order valence-corrected chi connectivity index (χ1v) is 4.47. The summed E-state index contributed by atoms with van der Waals surface area (Å²) in [5, 5.41) is 0. The normalized spacial score (nSPS) is 14.8. The van der Waals surface area contributed by atoms with E-state index in [1.807, 2.05) is 37.3 Å². The van der Waals surface area contributed by atoms with Gasteiger partial charge in [-0.05, 0) is 12.5 Å². The van der Waals surface area contributed by atoms with Crippen molar-refractivity contribution >= 4 is 11.6 Å². The zero-order valence-electron chi connectivity index (χ0n) is 8.03. The summed E-state index contributed by atoms with van der Waals surface area (Å²) < 4.78 is 0. The van der Waals surface area contributed by atoms with E-state index in [-0.39, 0.29) is 5.91 Å². The quantitative estimate of drug-likeness (QED) is 0.692. The Labute approximate surface area is 83.2 Å². The van der Waals surface area contributed by atoms with Crippen molar-refractivity contribution in [3.8, 4) is 0 Å². The highest BCUT2D eigenvalue weighted by Crippen LogP contribution is 2.30. The Hall–Kier alpha value is -1.83. The minimum absolute atomic E-state index is 0.0105. The van der Waals surface area contributed by atoms with E-state index in [1.54, 1.807) is 11.0 Å². The van der Waals surface area contributed by atoms with Crippen molar-refractivity contribution in [2.75, 3.05) is 0 Å². The molecule has 2 nitrogen and oxygen atoms in total. The molecule has 2 heteroatoms. The molecule has 0 bridgehead atoms. The monoisotopic (exact) mass is 185 g/mol. The molecule has 0 fully saturated rings. The van der Waals surface area contributed by atoms with Gasteiger partial charge in [0.25, 0.3) is 5.91 Å². The molecule has 0 saturated heterocycles. The average Bonchev–Trinajstić information content (AvgIpc) is 2.14. The van der Waals surface area contributed by atoms with Crippen LogP contribution in [0.2, 0.25) is 0 Å². The summed E-state index contributed by atoms with van der Waals surface area (Å²) in [6.07, 6.45) is 1.63. The second kappa shape index (κ2) is 3.14. The second-order valence-corrected chi connectivity index (χ2v) is 3.30. The fourth-order valence-electron chi connectivity index (χ4n) is 1.51. The topological polar surface area (TPSA) is 20.3 Å². The van der Waals surface area contributed by atoms with Crippen LogP contribution in [0.4, 0.5) is 0 Å². The Kier molecular flexibility index (Phi) is 1.97. The molecule has 1 aromatic carbocycles. The number of rotatable bonds is 2. The average molecular weight is 185 g/mol. The minimum atomic E-state index is 0.0105. The Balaban J connectivity index is 2.35. The van der Waals surface area contributed by atoms with Crippen LogP contribution in [-0.4, -0.2) is 10.8 Å². The molecule has 1 amide bonds. The predicted molar refractivity (Wildman–Crippen MR) is 56.1 cm³/mol. The van der Waals surface area contributed by atoms with Crippen LogP contribution in [0.1, 0.15) is 12.5 Å². The molecule has 1 aliphatic heterocycles. The number of benzene rings is 1. The lowest BCUT2D eigenvalue weighted by atomic mass is 10.0. The number of carbonyl (C=O) groups excluding carboxylic acids is 1. The Morgan fingerprint density at radius 2 is 1.93 bits per heavy atom. The van der Waals surface area contributed by atoms with E-state index in [0.717, 1.165) is 17.0 Å². The molecular formula is C12H11NO. The summed E-state index contributed by atoms with van der Waals surface area (Å²) in [5.41, 5.74) is 2.74. The molecule has 0 aliphatic carbocycles. The van der Waals surface area contributed by atoms with Gasteiger partial charge in [0.2, 0.25) is 0 Å². The van der Waals surface area contributed by atoms with Crippen molar-refractivity contribution < 1.29 is 4.79 Å². The van der Waals surface area contributed by atoms with Crippen LogP contribution >= 0.6 is 0 Å². The SMILES string of the molecule is C=C(C)N1C(=O)C=C1c1ccccc1. The number of nitrogens with zero attached hydrogens (tertiary/aromatic N) is 1. The second-order valence-electron chi connectivity index (χ2n) is 3.30. The van der Waals surface area contributed by atoms with Crippen molar-refractivity contribution in [1.82, 2.24) is 4.90 Å². The van der Waals surface area contributed by atoms with Crippen LogP contribution in [0.15, 0.2) is 48.7 Å². The van der Waals surface area contributed by atoms with Gasteiger partial charge in [-0.2, -0.15) is 0 Å². The molecule has 1 aliphatic rings. The van der Waals surface area contributed by atoms with Gasteiger partial charge in [-0.3, -0.25) is 9.69 Å². The summed E-state index contributed by atoms with van der Waals surface area (Å²) in [7, 11) is 0. The molecule has 0 atom stereocenters. The van der Waals surface area contributed by atoms with E-state index < -0.39 is 0 Å². The van der Waals surface area contributed by atoms with E-state index >= 15 is 0 Å². The first-order valence-electron chi connectivity index (χ1n) is 4.47. The van der Waals surface area contributed by atoms with Gasteiger partial charge in [0.15, 0.2) is 0 Å². The van der Waals surface area contributed by atoms with Crippen LogP contribution < -0.4 is 0 Å². The van der Waals surface area contributed by atoms with E-state index in [1.165, 1.54) is 0 Å². The molecule has 0 radical (unpaired) electrons. The fourth-order valence-corrected chi connectivity index (χ4v) is 1.51. The van der Waals surface area contributed by atoms with Crippen molar-refractivity contribution in [3.63, 3.8) is 0 Å². The molecule has 14 heavy (non-hydrogen) atoms. The summed E-state index contributed by atoms with van der Waals surface area (Å²) in [5.74, 6) is 0.0105. The highest BCUT2D eigenvalue weighted by Gasteiger charge is 2.27. The van der Waals surface area contributed by atoms with Crippen molar-refractivity contribution in [2.24, 2.45) is 0 Å². The van der Waals surface area contributed by atoms with Crippen LogP contribution in [0.5, 0.6) is 0 Å². The first-order chi connectivity index (χ1) is 6.70. The lowest BCUT2D eigenvalue weighted by Crippen LogP contribution is -2.34. The van der Waals surface area contributed by atoms with Gasteiger partial charge >= 0.3 is 0 Å². The molecule has 1 aromatic rings. The largest absolute Gasteiger partial charge is 0.281 e. The van der Waals surface area contributed by atoms with E-state index in [9.17, 15) is 4.79 Å². The van der Waals surface area contributed by atoms with Gasteiger partial charge in [-0.15, -0.1) is 0 Å². The third-order valence-electron chi connectivity index (χ3n) is 2.17. The van der Waals surface area contributed by atoms with Crippen LogP contribution in [0.25, 0.3) is 5.70 Å². The lowest BCUT2D eigenvalue weighted by Gasteiger charge is -2.31. The third-order valence-corrected chi connectivity index (χ3v) is 2.17. The van der Waals surface area contributed by atoms with Crippen LogP contribution in [0.3, 0.4) is 0 Å². The Morgan fingerprint density at radius 3 is 2.43 bits per heavy atom. The number of allylic oxidation sites excluding steroid dienone is 1. The fraction of sp³-hybridized carbons (Fsp3) is 0.0833. The van der Waals surface area contributed by atoms with E-state index in [2.05, 4.69) is 6.58 Å². The van der Waals surface area contributed by atoms with E-state index in [4.69, 9.17) is 0 Å². The molecule has 70 valence electrons. The molecule has 0 N–H and O–H groups in total. The van der Waals surface area contributed by atoms with E-state index in [0.29, 0.717) is 0 Å². The maximum atomic E-state index is 11.2. The summed E-state index contributed by atoms with van der Waals surface area (Å²) in [6.45, 7) is 5.59. The molecule has 0 spiro atoms. The summed E-state index contributed by atoms with van der Waals surface area (Å²) in [4.78, 5) is 12.9. The summed E-state index contributed by atoms with van der Waals surface area (Å²) >= 11 is 0.